The Morgan fingerprint density at radius 2 is 0.460 bits per heavy atom. The highest BCUT2D eigenvalue weighted by atomic mass is 14.6. The summed E-state index contributed by atoms with van der Waals surface area (Å²) in [6.45, 7) is 0. The average molecular weight is 649 g/mol. The van der Waals surface area contributed by atoms with Crippen molar-refractivity contribution in [1.29, 1.82) is 0 Å². The molecule has 0 spiro atoms. The van der Waals surface area contributed by atoms with Crippen molar-refractivity contribution >= 4 is 65.8 Å². The van der Waals surface area contributed by atoms with Crippen LogP contribution in [0.25, 0.3) is 43.1 Å². The molecule has 0 heterocycles. The maximum absolute atomic E-state index is 6.19. The van der Waals surface area contributed by atoms with Crippen molar-refractivity contribution < 1.29 is 0 Å². The highest BCUT2D eigenvalue weighted by molar-refractivity contribution is 5.90. The lowest BCUT2D eigenvalue weighted by Crippen LogP contribution is -2.41. The molecule has 0 atom stereocenters. The minimum atomic E-state index is -0.189. The summed E-state index contributed by atoms with van der Waals surface area (Å²) in [5.74, 6) is 0. The van der Waals surface area contributed by atoms with Crippen molar-refractivity contribution in [3.63, 3.8) is 0 Å². The third kappa shape index (κ3) is 4.90. The van der Waals surface area contributed by atoms with Crippen LogP contribution in [0.5, 0.6) is 0 Å². The molecule has 1 fully saturated rings. The Bertz CT molecular complexity index is 2250. The van der Waals surface area contributed by atoms with Gasteiger partial charge in [-0.05, 0) is 140 Å². The molecule has 50 heavy (non-hydrogen) atoms. The summed E-state index contributed by atoms with van der Waals surface area (Å²) < 4.78 is 0. The standard InChI is InChI=1S/C46H40N4/c47-41-13-5-29-21-37(9-1-33(29)25-41)45(38-10-2-34-26-42(48)14-6-30(34)22-38)17-19-46(20-18-45,39-11-3-35-27-43(49)15-7-31(35)23-39)40-12-4-36-28-44(50)16-8-32(36)24-40/h1-16,21-28H,17-20,47-50H2. The van der Waals surface area contributed by atoms with E-state index in [0.717, 1.165) is 70.0 Å². The fourth-order valence-electron chi connectivity index (χ4n) is 8.84. The van der Waals surface area contributed by atoms with Crippen molar-refractivity contribution in [2.24, 2.45) is 0 Å². The Balaban J connectivity index is 1.23. The molecule has 8 aromatic rings. The third-order valence-electron chi connectivity index (χ3n) is 11.6. The molecule has 4 nitrogen and oxygen atoms in total. The molecule has 1 aliphatic carbocycles. The number of hydrogen-bond acceptors (Lipinski definition) is 4. The van der Waals surface area contributed by atoms with Gasteiger partial charge in [-0.1, -0.05) is 97.1 Å². The van der Waals surface area contributed by atoms with Gasteiger partial charge >= 0.3 is 0 Å². The van der Waals surface area contributed by atoms with Crippen LogP contribution in [0.3, 0.4) is 0 Å². The summed E-state index contributed by atoms with van der Waals surface area (Å²) in [6, 6.07) is 52.8. The summed E-state index contributed by atoms with van der Waals surface area (Å²) >= 11 is 0. The lowest BCUT2D eigenvalue weighted by molar-refractivity contribution is 0.257. The smallest absolute Gasteiger partial charge is 0.0320 e. The van der Waals surface area contributed by atoms with Gasteiger partial charge in [-0.3, -0.25) is 0 Å². The first-order chi connectivity index (χ1) is 24.3. The van der Waals surface area contributed by atoms with Crippen LogP contribution >= 0.6 is 0 Å². The Kier molecular flexibility index (Phi) is 6.79. The number of nitrogens with two attached hydrogens (primary N) is 4. The second-order valence-electron chi connectivity index (χ2n) is 14.4. The SMILES string of the molecule is Nc1ccc2cc(C3(c4ccc5cc(N)ccc5c4)CCC(c4ccc5cc(N)ccc5c4)(c4ccc5cc(N)ccc5c4)CC3)ccc2c1. The van der Waals surface area contributed by atoms with Crippen LogP contribution in [0.15, 0.2) is 146 Å². The molecule has 0 radical (unpaired) electrons. The molecule has 9 rings (SSSR count). The molecule has 0 aliphatic heterocycles. The van der Waals surface area contributed by atoms with Crippen LogP contribution in [0.1, 0.15) is 47.9 Å². The van der Waals surface area contributed by atoms with E-state index in [1.54, 1.807) is 0 Å². The molecule has 0 unspecified atom stereocenters. The van der Waals surface area contributed by atoms with Crippen molar-refractivity contribution in [1.82, 2.24) is 0 Å². The van der Waals surface area contributed by atoms with E-state index in [1.807, 2.05) is 24.3 Å². The number of rotatable bonds is 4. The Morgan fingerprint density at radius 3 is 0.700 bits per heavy atom. The molecule has 8 N–H and O–H groups in total. The van der Waals surface area contributed by atoms with E-state index in [1.165, 1.54) is 43.8 Å². The van der Waals surface area contributed by atoms with Gasteiger partial charge in [0.05, 0.1) is 0 Å². The first kappa shape index (κ1) is 30.1. The second-order valence-corrected chi connectivity index (χ2v) is 14.4. The average Bonchev–Trinajstić information content (AvgIpc) is 3.14. The minimum Gasteiger partial charge on any atom is -0.399 e. The van der Waals surface area contributed by atoms with Gasteiger partial charge in [-0.25, -0.2) is 0 Å². The maximum Gasteiger partial charge on any atom is 0.0320 e. The lowest BCUT2D eigenvalue weighted by Gasteiger charge is -2.48. The van der Waals surface area contributed by atoms with Crippen molar-refractivity contribution in [3.05, 3.63) is 168 Å². The summed E-state index contributed by atoms with van der Waals surface area (Å²) in [5, 5.41) is 9.50. The van der Waals surface area contributed by atoms with Gasteiger partial charge < -0.3 is 22.9 Å². The van der Waals surface area contributed by atoms with Gasteiger partial charge in [0, 0.05) is 33.6 Å². The molecule has 8 aromatic carbocycles. The summed E-state index contributed by atoms with van der Waals surface area (Å²) in [7, 11) is 0. The van der Waals surface area contributed by atoms with Crippen LogP contribution in [0.2, 0.25) is 0 Å². The van der Waals surface area contributed by atoms with Crippen molar-refractivity contribution in [2.75, 3.05) is 22.9 Å². The van der Waals surface area contributed by atoms with Gasteiger partial charge in [-0.15, -0.1) is 0 Å². The summed E-state index contributed by atoms with van der Waals surface area (Å²) in [4.78, 5) is 0. The van der Waals surface area contributed by atoms with Crippen LogP contribution in [-0.2, 0) is 10.8 Å². The zero-order valence-corrected chi connectivity index (χ0v) is 28.0. The zero-order valence-electron chi connectivity index (χ0n) is 28.0. The molecule has 1 saturated carbocycles. The minimum absolute atomic E-state index is 0.189. The molecule has 4 heteroatoms. The first-order valence-electron chi connectivity index (χ1n) is 17.5. The van der Waals surface area contributed by atoms with E-state index in [2.05, 4.69) is 121 Å². The Labute approximate surface area is 292 Å². The fraction of sp³-hybridized carbons (Fsp3) is 0.130. The topological polar surface area (TPSA) is 104 Å². The summed E-state index contributed by atoms with van der Waals surface area (Å²) in [6.07, 6.45) is 3.92. The van der Waals surface area contributed by atoms with Gasteiger partial charge in [0.15, 0.2) is 0 Å². The van der Waals surface area contributed by atoms with Gasteiger partial charge in [0.1, 0.15) is 0 Å². The van der Waals surface area contributed by atoms with Crippen LogP contribution in [0.4, 0.5) is 22.7 Å². The predicted octanol–water partition coefficient (Wildman–Crippen LogP) is 10.5. The highest BCUT2D eigenvalue weighted by Gasteiger charge is 2.46. The van der Waals surface area contributed by atoms with E-state index in [9.17, 15) is 0 Å². The number of anilines is 4. The Hall–Kier alpha value is -6.00. The van der Waals surface area contributed by atoms with E-state index >= 15 is 0 Å². The van der Waals surface area contributed by atoms with Gasteiger partial charge in [-0.2, -0.15) is 0 Å². The lowest BCUT2D eigenvalue weighted by atomic mass is 9.55. The summed E-state index contributed by atoms with van der Waals surface area (Å²) in [5.41, 5.74) is 32.9. The molecular formula is C46H40N4. The van der Waals surface area contributed by atoms with E-state index in [0.29, 0.717) is 0 Å². The number of nitrogen functional groups attached to an aromatic ring is 4. The molecule has 0 aromatic heterocycles. The quantitative estimate of drug-likeness (QED) is 0.143. The van der Waals surface area contributed by atoms with Crippen molar-refractivity contribution in [2.45, 2.75) is 36.5 Å². The highest BCUT2D eigenvalue weighted by Crippen LogP contribution is 2.55. The van der Waals surface area contributed by atoms with Crippen LogP contribution in [0, 0.1) is 0 Å². The monoisotopic (exact) mass is 648 g/mol. The maximum atomic E-state index is 6.19. The van der Waals surface area contributed by atoms with Crippen molar-refractivity contribution in [3.8, 4) is 0 Å². The Morgan fingerprint density at radius 1 is 0.260 bits per heavy atom. The predicted molar refractivity (Wildman–Crippen MR) is 213 cm³/mol. The zero-order chi connectivity index (χ0) is 34.0. The molecule has 0 saturated heterocycles. The molecule has 0 bridgehead atoms. The molecular weight excluding hydrogens is 609 g/mol. The molecule has 244 valence electrons. The van der Waals surface area contributed by atoms with E-state index < -0.39 is 0 Å². The molecule has 1 aliphatic rings. The third-order valence-corrected chi connectivity index (χ3v) is 11.6. The normalized spacial score (nSPS) is 15.5. The number of benzene rings is 8. The fourth-order valence-corrected chi connectivity index (χ4v) is 8.84. The van der Waals surface area contributed by atoms with E-state index in [4.69, 9.17) is 22.9 Å². The van der Waals surface area contributed by atoms with Gasteiger partial charge in [0.25, 0.3) is 0 Å². The first-order valence-corrected chi connectivity index (χ1v) is 17.5. The molecule has 0 amide bonds. The second kappa shape index (κ2) is 11.3. The largest absolute Gasteiger partial charge is 0.399 e. The number of fused-ring (bicyclic) bond motifs is 4. The van der Waals surface area contributed by atoms with Gasteiger partial charge in [0.2, 0.25) is 0 Å². The van der Waals surface area contributed by atoms with Crippen LogP contribution in [-0.4, -0.2) is 0 Å². The van der Waals surface area contributed by atoms with E-state index in [-0.39, 0.29) is 10.8 Å². The van der Waals surface area contributed by atoms with Crippen LogP contribution < -0.4 is 22.9 Å². The number of hydrogen-bond donors (Lipinski definition) is 4.